The molecule has 4 heteroatoms. The van der Waals surface area contributed by atoms with Crippen LogP contribution in [0.25, 0.3) is 0 Å². The lowest BCUT2D eigenvalue weighted by Gasteiger charge is -2.36. The van der Waals surface area contributed by atoms with Crippen LogP contribution < -0.4 is 0 Å². The highest BCUT2D eigenvalue weighted by atomic mass is 15.4. The van der Waals surface area contributed by atoms with E-state index in [0.717, 1.165) is 45.2 Å². The topological polar surface area (TPSA) is 33.6 Å². The molecule has 0 spiro atoms. The molecule has 0 aliphatic carbocycles. The van der Waals surface area contributed by atoms with Crippen LogP contribution in [0.2, 0.25) is 0 Å². The first-order valence-corrected chi connectivity index (χ1v) is 5.54. The molecule has 2 rings (SSSR count). The van der Waals surface area contributed by atoms with Crippen LogP contribution in [0.5, 0.6) is 0 Å². The van der Waals surface area contributed by atoms with Crippen molar-refractivity contribution < 1.29 is 0 Å². The molecule has 0 unspecified atom stereocenters. The first-order valence-electron chi connectivity index (χ1n) is 5.54. The minimum Gasteiger partial charge on any atom is -0.343 e. The molecule has 0 aromatic rings. The molecule has 0 amide bonds. The van der Waals surface area contributed by atoms with Gasteiger partial charge < -0.3 is 14.7 Å². The first-order chi connectivity index (χ1) is 6.77. The summed E-state index contributed by atoms with van der Waals surface area (Å²) in [4.78, 5) is 6.75. The zero-order chi connectivity index (χ0) is 9.97. The number of guanidine groups is 1. The summed E-state index contributed by atoms with van der Waals surface area (Å²) in [5, 5.41) is 8.08. The maximum atomic E-state index is 8.08. The number of rotatable bonds is 0. The van der Waals surface area contributed by atoms with Crippen LogP contribution in [0.15, 0.2) is 0 Å². The number of piperazine rings is 1. The molecule has 80 valence electrons. The molecule has 0 aromatic heterocycles. The molecular weight excluding hydrogens is 176 g/mol. The average molecular weight is 196 g/mol. The van der Waals surface area contributed by atoms with Gasteiger partial charge in [0.2, 0.25) is 0 Å². The normalized spacial score (nSPS) is 24.4. The minimum absolute atomic E-state index is 0.760. The molecule has 2 fully saturated rings. The van der Waals surface area contributed by atoms with Gasteiger partial charge in [0.05, 0.1) is 0 Å². The van der Waals surface area contributed by atoms with Crippen LogP contribution in [0.1, 0.15) is 12.8 Å². The molecule has 4 nitrogen and oxygen atoms in total. The molecule has 0 atom stereocenters. The predicted octanol–water partition coefficient (Wildman–Crippen LogP) is 0.264. The van der Waals surface area contributed by atoms with Gasteiger partial charge in [-0.15, -0.1) is 0 Å². The number of nitrogens with zero attached hydrogens (tertiary/aromatic N) is 3. The Kier molecular flexibility index (Phi) is 2.91. The van der Waals surface area contributed by atoms with E-state index >= 15 is 0 Å². The Hall–Kier alpha value is -0.770. The lowest BCUT2D eigenvalue weighted by Crippen LogP contribution is -2.51. The van der Waals surface area contributed by atoms with Crippen molar-refractivity contribution in [2.24, 2.45) is 0 Å². The van der Waals surface area contributed by atoms with E-state index in [9.17, 15) is 0 Å². The molecule has 2 saturated heterocycles. The number of nitrogens with one attached hydrogen (secondary N) is 1. The van der Waals surface area contributed by atoms with Crippen molar-refractivity contribution in [3.8, 4) is 0 Å². The third kappa shape index (κ3) is 2.00. The number of hydrogen-bond donors (Lipinski definition) is 1. The maximum absolute atomic E-state index is 8.08. The lowest BCUT2D eigenvalue weighted by molar-refractivity contribution is 0.199. The monoisotopic (exact) mass is 196 g/mol. The van der Waals surface area contributed by atoms with Crippen LogP contribution in [0, 0.1) is 5.41 Å². The van der Waals surface area contributed by atoms with Crippen molar-refractivity contribution in [1.82, 2.24) is 14.7 Å². The summed E-state index contributed by atoms with van der Waals surface area (Å²) < 4.78 is 0. The van der Waals surface area contributed by atoms with E-state index in [2.05, 4.69) is 21.7 Å². The summed E-state index contributed by atoms with van der Waals surface area (Å²) in [6, 6.07) is 0. The van der Waals surface area contributed by atoms with E-state index in [0.29, 0.717) is 0 Å². The standard InChI is InChI=1S/C10H20N4/c1-12-6-8-14(9-7-12)10(11)13-4-2-3-5-13/h11H,2-9H2,1H3. The van der Waals surface area contributed by atoms with Crippen LogP contribution in [-0.4, -0.2) is 67.0 Å². The van der Waals surface area contributed by atoms with Gasteiger partial charge in [-0.2, -0.15) is 0 Å². The molecule has 2 aliphatic heterocycles. The highest BCUT2D eigenvalue weighted by Crippen LogP contribution is 2.11. The van der Waals surface area contributed by atoms with Gasteiger partial charge in [0.1, 0.15) is 0 Å². The zero-order valence-electron chi connectivity index (χ0n) is 9.00. The predicted molar refractivity (Wildman–Crippen MR) is 57.6 cm³/mol. The highest BCUT2D eigenvalue weighted by molar-refractivity contribution is 5.77. The molecule has 0 radical (unpaired) electrons. The van der Waals surface area contributed by atoms with Crippen molar-refractivity contribution in [3.63, 3.8) is 0 Å². The van der Waals surface area contributed by atoms with Gasteiger partial charge in [0.15, 0.2) is 5.96 Å². The second-order valence-corrected chi connectivity index (χ2v) is 4.31. The smallest absolute Gasteiger partial charge is 0.193 e. The van der Waals surface area contributed by atoms with Gasteiger partial charge in [0, 0.05) is 39.3 Å². The van der Waals surface area contributed by atoms with Crippen LogP contribution in [0.4, 0.5) is 0 Å². The van der Waals surface area contributed by atoms with Crippen molar-refractivity contribution in [2.75, 3.05) is 46.3 Å². The van der Waals surface area contributed by atoms with E-state index in [-0.39, 0.29) is 0 Å². The summed E-state index contributed by atoms with van der Waals surface area (Å²) in [6.07, 6.45) is 2.52. The van der Waals surface area contributed by atoms with Crippen molar-refractivity contribution >= 4 is 5.96 Å². The van der Waals surface area contributed by atoms with Crippen molar-refractivity contribution in [3.05, 3.63) is 0 Å². The average Bonchev–Trinajstić information content (AvgIpc) is 2.71. The lowest BCUT2D eigenvalue weighted by atomic mass is 10.3. The van der Waals surface area contributed by atoms with Gasteiger partial charge in [-0.25, -0.2) is 0 Å². The molecule has 2 heterocycles. The summed E-state index contributed by atoms with van der Waals surface area (Å²) in [5.74, 6) is 0.760. The molecular formula is C10H20N4. The molecule has 0 bridgehead atoms. The fourth-order valence-electron chi connectivity index (χ4n) is 2.15. The third-order valence-electron chi connectivity index (χ3n) is 3.21. The SMILES string of the molecule is CN1CCN(C(=N)N2CCCC2)CC1. The summed E-state index contributed by atoms with van der Waals surface area (Å²) in [7, 11) is 2.15. The van der Waals surface area contributed by atoms with Crippen LogP contribution in [0.3, 0.4) is 0 Å². The highest BCUT2D eigenvalue weighted by Gasteiger charge is 2.22. The second kappa shape index (κ2) is 4.17. The summed E-state index contributed by atoms with van der Waals surface area (Å²) >= 11 is 0. The molecule has 2 aliphatic rings. The van der Waals surface area contributed by atoms with Gasteiger partial charge in [0.25, 0.3) is 0 Å². The fourth-order valence-corrected chi connectivity index (χ4v) is 2.15. The van der Waals surface area contributed by atoms with E-state index in [1.54, 1.807) is 0 Å². The molecule has 0 aromatic carbocycles. The summed E-state index contributed by atoms with van der Waals surface area (Å²) in [5.41, 5.74) is 0. The maximum Gasteiger partial charge on any atom is 0.193 e. The Balaban J connectivity index is 1.85. The van der Waals surface area contributed by atoms with E-state index in [1.165, 1.54) is 12.8 Å². The summed E-state index contributed by atoms with van der Waals surface area (Å²) in [6.45, 7) is 6.40. The van der Waals surface area contributed by atoms with Gasteiger partial charge >= 0.3 is 0 Å². The Labute approximate surface area is 86.0 Å². The second-order valence-electron chi connectivity index (χ2n) is 4.31. The minimum atomic E-state index is 0.760. The molecule has 0 saturated carbocycles. The van der Waals surface area contributed by atoms with E-state index < -0.39 is 0 Å². The Morgan fingerprint density at radius 1 is 0.857 bits per heavy atom. The molecule has 14 heavy (non-hydrogen) atoms. The van der Waals surface area contributed by atoms with Crippen molar-refractivity contribution in [2.45, 2.75) is 12.8 Å². The quantitative estimate of drug-likeness (QED) is 0.446. The van der Waals surface area contributed by atoms with Crippen molar-refractivity contribution in [1.29, 1.82) is 5.41 Å². The Morgan fingerprint density at radius 2 is 1.36 bits per heavy atom. The van der Waals surface area contributed by atoms with Gasteiger partial charge in [-0.1, -0.05) is 0 Å². The number of hydrogen-bond acceptors (Lipinski definition) is 2. The Morgan fingerprint density at radius 3 is 1.93 bits per heavy atom. The van der Waals surface area contributed by atoms with E-state index in [1.807, 2.05) is 0 Å². The van der Waals surface area contributed by atoms with Gasteiger partial charge in [-0.3, -0.25) is 5.41 Å². The Bertz CT molecular complexity index is 202. The van der Waals surface area contributed by atoms with Crippen LogP contribution >= 0.6 is 0 Å². The number of likely N-dealkylation sites (N-methyl/N-ethyl adjacent to an activating group) is 1. The van der Waals surface area contributed by atoms with Gasteiger partial charge in [-0.05, 0) is 19.9 Å². The molecule has 1 N–H and O–H groups in total. The first kappa shape index (κ1) is 9.77. The fraction of sp³-hybridized carbons (Fsp3) is 0.900. The van der Waals surface area contributed by atoms with Crippen LogP contribution in [-0.2, 0) is 0 Å². The number of likely N-dealkylation sites (tertiary alicyclic amines) is 1. The zero-order valence-corrected chi connectivity index (χ0v) is 9.00. The largest absolute Gasteiger partial charge is 0.343 e. The third-order valence-corrected chi connectivity index (χ3v) is 3.21. The van der Waals surface area contributed by atoms with E-state index in [4.69, 9.17) is 5.41 Å².